The highest BCUT2D eigenvalue weighted by Gasteiger charge is 2.27. The summed E-state index contributed by atoms with van der Waals surface area (Å²) in [5.74, 6) is -0.0137. The first kappa shape index (κ1) is 19.3. The Hall–Kier alpha value is -0.0700. The number of nitrogens with zero attached hydrogens (tertiary/aromatic N) is 1. The number of amides is 1. The van der Waals surface area contributed by atoms with Gasteiger partial charge in [-0.1, -0.05) is 0 Å². The summed E-state index contributed by atoms with van der Waals surface area (Å²) in [7, 11) is 3.96. The Labute approximate surface area is 115 Å². The molecule has 3 atom stereocenters. The van der Waals surface area contributed by atoms with E-state index in [1.54, 1.807) is 0 Å². The van der Waals surface area contributed by atoms with Gasteiger partial charge >= 0.3 is 0 Å². The van der Waals surface area contributed by atoms with Crippen molar-refractivity contribution in [2.45, 2.75) is 31.5 Å². The molecule has 1 fully saturated rings. The molecule has 0 aromatic heterocycles. The van der Waals surface area contributed by atoms with Gasteiger partial charge in [-0.15, -0.1) is 24.8 Å². The minimum Gasteiger partial charge on any atom is -0.392 e. The molecule has 1 heterocycles. The number of halogens is 2. The predicted molar refractivity (Wildman–Crippen MR) is 73.1 cm³/mol. The molecule has 1 rings (SSSR count). The molecule has 17 heavy (non-hydrogen) atoms. The first-order valence-electron chi connectivity index (χ1n) is 5.36. The summed E-state index contributed by atoms with van der Waals surface area (Å²) in [5, 5.41) is 15.1. The van der Waals surface area contributed by atoms with Crippen molar-refractivity contribution >= 4 is 30.7 Å². The Morgan fingerprint density at radius 1 is 1.53 bits per heavy atom. The van der Waals surface area contributed by atoms with E-state index < -0.39 is 0 Å². The van der Waals surface area contributed by atoms with E-state index in [1.807, 2.05) is 14.1 Å². The SMILES string of the molecule is CC(CNC(=O)C1CC(O)CN1)N(C)C.Cl.Cl. The Bertz CT molecular complexity index is 230. The third-order valence-electron chi connectivity index (χ3n) is 2.88. The van der Waals surface area contributed by atoms with E-state index in [4.69, 9.17) is 0 Å². The highest BCUT2D eigenvalue weighted by atomic mass is 35.5. The molecule has 0 bridgehead atoms. The second-order valence-electron chi connectivity index (χ2n) is 4.41. The van der Waals surface area contributed by atoms with E-state index in [0.29, 0.717) is 25.6 Å². The number of rotatable bonds is 4. The Morgan fingerprint density at radius 3 is 2.53 bits per heavy atom. The van der Waals surface area contributed by atoms with Gasteiger partial charge in [0.1, 0.15) is 0 Å². The minimum absolute atomic E-state index is 0. The van der Waals surface area contributed by atoms with Crippen molar-refractivity contribution in [1.82, 2.24) is 15.5 Å². The van der Waals surface area contributed by atoms with Gasteiger partial charge in [-0.25, -0.2) is 0 Å². The maximum absolute atomic E-state index is 11.6. The van der Waals surface area contributed by atoms with Crippen LogP contribution < -0.4 is 10.6 Å². The van der Waals surface area contributed by atoms with Gasteiger partial charge in [0.15, 0.2) is 0 Å². The summed E-state index contributed by atoms with van der Waals surface area (Å²) in [6.07, 6.45) is 0.134. The topological polar surface area (TPSA) is 64.6 Å². The summed E-state index contributed by atoms with van der Waals surface area (Å²) in [6.45, 7) is 3.21. The quantitative estimate of drug-likeness (QED) is 0.660. The zero-order valence-corrected chi connectivity index (χ0v) is 12.1. The molecule has 0 aromatic rings. The molecule has 0 radical (unpaired) electrons. The lowest BCUT2D eigenvalue weighted by Gasteiger charge is -2.21. The minimum atomic E-state index is -0.382. The summed E-state index contributed by atoms with van der Waals surface area (Å²) >= 11 is 0. The lowest BCUT2D eigenvalue weighted by atomic mass is 10.2. The number of hydrogen-bond acceptors (Lipinski definition) is 4. The largest absolute Gasteiger partial charge is 0.392 e. The number of aliphatic hydroxyl groups excluding tert-OH is 1. The van der Waals surface area contributed by atoms with Crippen LogP contribution in [0.1, 0.15) is 13.3 Å². The summed E-state index contributed by atoms with van der Waals surface area (Å²) in [5.41, 5.74) is 0. The van der Waals surface area contributed by atoms with Crippen molar-refractivity contribution in [3.05, 3.63) is 0 Å². The predicted octanol–water partition coefficient (Wildman–Crippen LogP) is -0.381. The average Bonchev–Trinajstić information content (AvgIpc) is 2.60. The molecule has 0 aromatic carbocycles. The van der Waals surface area contributed by atoms with Crippen molar-refractivity contribution < 1.29 is 9.90 Å². The molecule has 1 saturated heterocycles. The van der Waals surface area contributed by atoms with Crippen molar-refractivity contribution in [2.75, 3.05) is 27.2 Å². The number of nitrogens with one attached hydrogen (secondary N) is 2. The summed E-state index contributed by atoms with van der Waals surface area (Å²) < 4.78 is 0. The van der Waals surface area contributed by atoms with Gasteiger partial charge in [0.2, 0.25) is 5.91 Å². The number of β-amino-alcohol motifs (C(OH)–C–C–N with tert-alkyl or cyclic N) is 1. The van der Waals surface area contributed by atoms with Gasteiger partial charge in [0, 0.05) is 19.1 Å². The van der Waals surface area contributed by atoms with E-state index in [0.717, 1.165) is 0 Å². The van der Waals surface area contributed by atoms with Crippen LogP contribution in [0.2, 0.25) is 0 Å². The molecule has 3 unspecified atom stereocenters. The molecule has 3 N–H and O–H groups in total. The molecule has 1 amide bonds. The zero-order valence-electron chi connectivity index (χ0n) is 10.5. The second-order valence-corrected chi connectivity index (χ2v) is 4.41. The van der Waals surface area contributed by atoms with Crippen LogP contribution in [0.25, 0.3) is 0 Å². The van der Waals surface area contributed by atoms with Gasteiger partial charge in [0.05, 0.1) is 12.1 Å². The van der Waals surface area contributed by atoms with Crippen molar-refractivity contribution in [3.63, 3.8) is 0 Å². The molecule has 104 valence electrons. The van der Waals surface area contributed by atoms with Crippen molar-refractivity contribution in [2.24, 2.45) is 0 Å². The van der Waals surface area contributed by atoms with Crippen molar-refractivity contribution in [3.8, 4) is 0 Å². The average molecular weight is 288 g/mol. The van der Waals surface area contributed by atoms with E-state index in [2.05, 4.69) is 22.5 Å². The van der Waals surface area contributed by atoms with Crippen molar-refractivity contribution in [1.29, 1.82) is 0 Å². The fraction of sp³-hybridized carbons (Fsp3) is 0.900. The first-order valence-corrected chi connectivity index (χ1v) is 5.36. The van der Waals surface area contributed by atoms with Crippen LogP contribution >= 0.6 is 24.8 Å². The molecule has 0 spiro atoms. The third-order valence-corrected chi connectivity index (χ3v) is 2.88. The van der Waals surface area contributed by atoms with Gasteiger partial charge in [-0.3, -0.25) is 4.79 Å². The molecule has 1 aliphatic rings. The van der Waals surface area contributed by atoms with Gasteiger partial charge < -0.3 is 20.6 Å². The number of aliphatic hydroxyl groups is 1. The van der Waals surface area contributed by atoms with Crippen LogP contribution in [0, 0.1) is 0 Å². The number of likely N-dealkylation sites (N-methyl/N-ethyl adjacent to an activating group) is 1. The highest BCUT2D eigenvalue weighted by molar-refractivity contribution is 5.85. The van der Waals surface area contributed by atoms with E-state index >= 15 is 0 Å². The van der Waals surface area contributed by atoms with Gasteiger partial charge in [-0.05, 0) is 27.4 Å². The van der Waals surface area contributed by atoms with Crippen LogP contribution in [-0.2, 0) is 4.79 Å². The normalized spacial score (nSPS) is 24.8. The standard InChI is InChI=1S/C10H21N3O2.2ClH/c1-7(13(2)3)5-12-10(15)9-4-8(14)6-11-9;;/h7-9,11,14H,4-6H2,1-3H3,(H,12,15);2*1H. The van der Waals surface area contributed by atoms with Crippen LogP contribution in [0.3, 0.4) is 0 Å². The monoisotopic (exact) mass is 287 g/mol. The Kier molecular flexibility index (Phi) is 10.1. The summed E-state index contributed by atoms with van der Waals surface area (Å²) in [4.78, 5) is 13.7. The zero-order chi connectivity index (χ0) is 11.4. The number of hydrogen-bond donors (Lipinski definition) is 3. The fourth-order valence-electron chi connectivity index (χ4n) is 1.47. The Balaban J connectivity index is 0. The lowest BCUT2D eigenvalue weighted by molar-refractivity contribution is -0.123. The van der Waals surface area contributed by atoms with E-state index in [1.165, 1.54) is 0 Å². The van der Waals surface area contributed by atoms with Crippen LogP contribution in [0.4, 0.5) is 0 Å². The summed E-state index contributed by atoms with van der Waals surface area (Å²) in [6, 6.07) is 0.0923. The van der Waals surface area contributed by atoms with E-state index in [-0.39, 0.29) is 42.9 Å². The Morgan fingerprint density at radius 2 is 2.12 bits per heavy atom. The van der Waals surface area contributed by atoms with Crippen LogP contribution in [-0.4, -0.2) is 61.3 Å². The third kappa shape index (κ3) is 6.43. The maximum Gasteiger partial charge on any atom is 0.237 e. The highest BCUT2D eigenvalue weighted by Crippen LogP contribution is 2.05. The number of carbonyl (C=O) groups excluding carboxylic acids is 1. The molecular weight excluding hydrogens is 265 g/mol. The molecular formula is C10H23Cl2N3O2. The number of carbonyl (C=O) groups is 1. The molecule has 0 aliphatic carbocycles. The fourth-order valence-corrected chi connectivity index (χ4v) is 1.47. The van der Waals surface area contributed by atoms with Crippen LogP contribution in [0.15, 0.2) is 0 Å². The van der Waals surface area contributed by atoms with Gasteiger partial charge in [0.25, 0.3) is 0 Å². The lowest BCUT2D eigenvalue weighted by Crippen LogP contribution is -2.45. The van der Waals surface area contributed by atoms with Gasteiger partial charge in [-0.2, -0.15) is 0 Å². The molecule has 1 aliphatic heterocycles. The molecule has 5 nitrogen and oxygen atoms in total. The smallest absolute Gasteiger partial charge is 0.237 e. The molecule has 0 saturated carbocycles. The first-order chi connectivity index (χ1) is 7.00. The maximum atomic E-state index is 11.6. The second kappa shape index (κ2) is 8.94. The van der Waals surface area contributed by atoms with Crippen LogP contribution in [0.5, 0.6) is 0 Å². The molecule has 7 heteroatoms. The van der Waals surface area contributed by atoms with E-state index in [9.17, 15) is 9.90 Å².